The molecular weight excluding hydrogens is 362 g/mol. The first-order valence-electron chi connectivity index (χ1n) is 9.08. The molecule has 1 aromatic carbocycles. The zero-order valence-electron chi connectivity index (χ0n) is 16.0. The zero-order chi connectivity index (χ0) is 19.6. The Labute approximate surface area is 161 Å². The predicted octanol–water partition coefficient (Wildman–Crippen LogP) is 1.61. The van der Waals surface area contributed by atoms with Crippen molar-refractivity contribution in [3.05, 3.63) is 53.5 Å². The Morgan fingerprint density at radius 1 is 1.26 bits per heavy atom. The third-order valence-electron chi connectivity index (χ3n) is 4.92. The summed E-state index contributed by atoms with van der Waals surface area (Å²) in [6, 6.07) is 6.92. The van der Waals surface area contributed by atoms with Crippen LogP contribution in [0.15, 0.2) is 52.8 Å². The SMILES string of the molecule is CN/C(N[C@H]1CCCN(C)C1)=C1/C=CN(S(=O)(=O)c2ccc(C)cc2)C1=N. The first-order chi connectivity index (χ1) is 12.8. The van der Waals surface area contributed by atoms with E-state index in [0.29, 0.717) is 11.4 Å². The number of amidine groups is 1. The molecule has 2 aliphatic rings. The minimum absolute atomic E-state index is 0.0587. The molecule has 0 aliphatic carbocycles. The summed E-state index contributed by atoms with van der Waals surface area (Å²) in [4.78, 5) is 2.44. The van der Waals surface area contributed by atoms with Gasteiger partial charge in [-0.1, -0.05) is 17.7 Å². The summed E-state index contributed by atoms with van der Waals surface area (Å²) in [6.07, 6.45) is 5.27. The molecule has 1 saturated heterocycles. The van der Waals surface area contributed by atoms with E-state index in [9.17, 15) is 8.42 Å². The molecule has 7 nitrogen and oxygen atoms in total. The number of hydrogen-bond acceptors (Lipinski definition) is 6. The molecule has 146 valence electrons. The number of hydrogen-bond donors (Lipinski definition) is 3. The average Bonchev–Trinajstić information content (AvgIpc) is 3.02. The van der Waals surface area contributed by atoms with Crippen LogP contribution in [0.4, 0.5) is 0 Å². The minimum atomic E-state index is -3.80. The van der Waals surface area contributed by atoms with Crippen molar-refractivity contribution in [1.29, 1.82) is 5.41 Å². The summed E-state index contributed by atoms with van der Waals surface area (Å²) in [5, 5.41) is 15.0. The Balaban J connectivity index is 1.83. The lowest BCUT2D eigenvalue weighted by atomic mass is 10.1. The van der Waals surface area contributed by atoms with Gasteiger partial charge < -0.3 is 15.5 Å². The molecule has 1 atom stereocenters. The Morgan fingerprint density at radius 2 is 1.96 bits per heavy atom. The number of likely N-dealkylation sites (N-methyl/N-ethyl adjacent to an activating group) is 1. The maximum Gasteiger partial charge on any atom is 0.269 e. The summed E-state index contributed by atoms with van der Waals surface area (Å²) in [7, 11) is 0.0715. The molecule has 1 aromatic rings. The lowest BCUT2D eigenvalue weighted by Gasteiger charge is -2.32. The van der Waals surface area contributed by atoms with Gasteiger partial charge in [0.15, 0.2) is 0 Å². The summed E-state index contributed by atoms with van der Waals surface area (Å²) < 4.78 is 26.8. The van der Waals surface area contributed by atoms with Gasteiger partial charge in [0.05, 0.1) is 10.5 Å². The van der Waals surface area contributed by atoms with Crippen molar-refractivity contribution >= 4 is 15.9 Å². The lowest BCUT2D eigenvalue weighted by Crippen LogP contribution is -2.46. The molecule has 3 N–H and O–H groups in total. The highest BCUT2D eigenvalue weighted by Gasteiger charge is 2.32. The number of likely N-dealkylation sites (tertiary alicyclic amines) is 1. The molecule has 2 aliphatic heterocycles. The lowest BCUT2D eigenvalue weighted by molar-refractivity contribution is 0.233. The van der Waals surface area contributed by atoms with Crippen molar-refractivity contribution < 1.29 is 8.42 Å². The van der Waals surface area contributed by atoms with Crippen molar-refractivity contribution in [3.63, 3.8) is 0 Å². The second-order valence-corrected chi connectivity index (χ2v) is 8.88. The smallest absolute Gasteiger partial charge is 0.269 e. The fraction of sp³-hybridized carbons (Fsp3) is 0.421. The monoisotopic (exact) mass is 389 g/mol. The number of sulfonamides is 1. The van der Waals surface area contributed by atoms with Crippen LogP contribution in [0.25, 0.3) is 0 Å². The number of nitrogens with one attached hydrogen (secondary N) is 3. The van der Waals surface area contributed by atoms with Crippen LogP contribution in [0.5, 0.6) is 0 Å². The fourth-order valence-corrected chi connectivity index (χ4v) is 4.68. The Morgan fingerprint density at radius 3 is 2.59 bits per heavy atom. The molecular formula is C19H27N5O2S. The van der Waals surface area contributed by atoms with Gasteiger partial charge in [-0.25, -0.2) is 12.7 Å². The van der Waals surface area contributed by atoms with E-state index in [0.717, 1.165) is 35.8 Å². The van der Waals surface area contributed by atoms with E-state index in [1.165, 1.54) is 6.20 Å². The van der Waals surface area contributed by atoms with Gasteiger partial charge in [0.25, 0.3) is 10.0 Å². The molecule has 1 fully saturated rings. The van der Waals surface area contributed by atoms with Crippen LogP contribution in [0, 0.1) is 12.3 Å². The van der Waals surface area contributed by atoms with Gasteiger partial charge in [0.2, 0.25) is 0 Å². The maximum atomic E-state index is 12.9. The van der Waals surface area contributed by atoms with Gasteiger partial charge in [-0.15, -0.1) is 0 Å². The van der Waals surface area contributed by atoms with Gasteiger partial charge in [0, 0.05) is 25.8 Å². The van der Waals surface area contributed by atoms with E-state index in [-0.39, 0.29) is 16.8 Å². The van der Waals surface area contributed by atoms with Gasteiger partial charge in [-0.05, 0) is 51.6 Å². The van der Waals surface area contributed by atoms with E-state index >= 15 is 0 Å². The first-order valence-corrected chi connectivity index (χ1v) is 10.5. The second kappa shape index (κ2) is 7.74. The number of rotatable bonds is 5. The van der Waals surface area contributed by atoms with Crippen LogP contribution >= 0.6 is 0 Å². The highest BCUT2D eigenvalue weighted by molar-refractivity contribution is 7.89. The Kier molecular flexibility index (Phi) is 5.57. The summed E-state index contributed by atoms with van der Waals surface area (Å²) in [6.45, 7) is 3.91. The van der Waals surface area contributed by atoms with Crippen molar-refractivity contribution in [2.24, 2.45) is 0 Å². The normalized spacial score (nSPS) is 22.9. The molecule has 27 heavy (non-hydrogen) atoms. The number of aryl methyl sites for hydroxylation is 1. The molecule has 2 heterocycles. The molecule has 8 heteroatoms. The predicted molar refractivity (Wildman–Crippen MR) is 107 cm³/mol. The average molecular weight is 390 g/mol. The van der Waals surface area contributed by atoms with Crippen molar-refractivity contribution in [2.75, 3.05) is 27.2 Å². The fourth-order valence-electron chi connectivity index (χ4n) is 3.41. The minimum Gasteiger partial charge on any atom is -0.374 e. The Hall–Kier alpha value is -2.32. The van der Waals surface area contributed by atoms with Crippen LogP contribution in [-0.2, 0) is 10.0 Å². The van der Waals surface area contributed by atoms with Crippen molar-refractivity contribution in [3.8, 4) is 0 Å². The highest BCUT2D eigenvalue weighted by atomic mass is 32.2. The Bertz CT molecular complexity index is 874. The van der Waals surface area contributed by atoms with Crippen LogP contribution in [-0.4, -0.2) is 56.7 Å². The number of benzene rings is 1. The van der Waals surface area contributed by atoms with Crippen molar-refractivity contribution in [1.82, 2.24) is 19.8 Å². The standard InChI is InChI=1S/C19H27N5O2S/c1-14-6-8-16(9-7-14)27(25,26)24-12-10-17(18(24)20)19(21-2)22-15-5-4-11-23(3)13-15/h6-10,12,15,20-22H,4-5,11,13H2,1-3H3/b19-17+,20-18?/t15-/m0/s1. The summed E-state index contributed by atoms with van der Waals surface area (Å²) >= 11 is 0. The van der Waals surface area contributed by atoms with Gasteiger partial charge in [0.1, 0.15) is 11.7 Å². The maximum absolute atomic E-state index is 12.9. The molecule has 0 radical (unpaired) electrons. The third-order valence-corrected chi connectivity index (χ3v) is 6.61. The van der Waals surface area contributed by atoms with E-state index < -0.39 is 10.0 Å². The molecule has 3 rings (SSSR count). The molecule has 0 amide bonds. The largest absolute Gasteiger partial charge is 0.374 e. The van der Waals surface area contributed by atoms with Crippen LogP contribution < -0.4 is 10.6 Å². The van der Waals surface area contributed by atoms with Crippen LogP contribution in [0.1, 0.15) is 18.4 Å². The molecule has 0 unspecified atom stereocenters. The zero-order valence-corrected chi connectivity index (χ0v) is 16.8. The molecule has 0 spiro atoms. The highest BCUT2D eigenvalue weighted by Crippen LogP contribution is 2.25. The van der Waals surface area contributed by atoms with Crippen LogP contribution in [0.2, 0.25) is 0 Å². The van der Waals surface area contributed by atoms with E-state index in [1.807, 2.05) is 6.92 Å². The van der Waals surface area contributed by atoms with E-state index in [2.05, 4.69) is 22.6 Å². The van der Waals surface area contributed by atoms with Crippen molar-refractivity contribution in [2.45, 2.75) is 30.7 Å². The third kappa shape index (κ3) is 4.01. The second-order valence-electron chi connectivity index (χ2n) is 7.06. The van der Waals surface area contributed by atoms with Gasteiger partial charge >= 0.3 is 0 Å². The quantitative estimate of drug-likeness (QED) is 0.712. The number of nitrogens with zero attached hydrogens (tertiary/aromatic N) is 2. The molecule has 0 bridgehead atoms. The molecule has 0 saturated carbocycles. The van der Waals surface area contributed by atoms with E-state index in [1.54, 1.807) is 37.4 Å². The van der Waals surface area contributed by atoms with Crippen LogP contribution in [0.3, 0.4) is 0 Å². The number of piperidine rings is 1. The van der Waals surface area contributed by atoms with Gasteiger partial charge in [-0.2, -0.15) is 0 Å². The molecule has 0 aromatic heterocycles. The summed E-state index contributed by atoms with van der Waals surface area (Å²) in [5.41, 5.74) is 1.53. The topological polar surface area (TPSA) is 88.5 Å². The van der Waals surface area contributed by atoms with E-state index in [4.69, 9.17) is 5.41 Å². The first kappa shape index (κ1) is 19.4. The van der Waals surface area contributed by atoms with Gasteiger partial charge in [-0.3, -0.25) is 5.41 Å². The summed E-state index contributed by atoms with van der Waals surface area (Å²) in [5.74, 6) is 0.620.